The number of halogens is 3. The third-order valence-electron chi connectivity index (χ3n) is 4.98. The highest BCUT2D eigenvalue weighted by atomic mass is 32.2. The number of amidine groups is 1. The molecule has 2 N–H and O–H groups in total. The fraction of sp³-hybridized carbons (Fsp3) is 0.300. The first-order chi connectivity index (χ1) is 13.8. The monoisotopic (exact) mass is 420 g/mol. The van der Waals surface area contributed by atoms with E-state index in [1.165, 1.54) is 28.8 Å². The van der Waals surface area contributed by atoms with E-state index in [4.69, 9.17) is 0 Å². The topological polar surface area (TPSA) is 56.7 Å². The smallest absolute Gasteiger partial charge is 0.274 e. The normalized spacial score (nSPS) is 21.9. The van der Waals surface area contributed by atoms with Crippen molar-refractivity contribution in [1.29, 1.82) is 0 Å². The molecule has 2 aromatic carbocycles. The Morgan fingerprint density at radius 3 is 2.76 bits per heavy atom. The zero-order valence-corrected chi connectivity index (χ0v) is 16.3. The number of alkyl halides is 3. The Hall–Kier alpha value is -2.36. The molecule has 9 heteroatoms. The van der Waals surface area contributed by atoms with Crippen molar-refractivity contribution in [1.82, 2.24) is 10.9 Å². The summed E-state index contributed by atoms with van der Waals surface area (Å²) in [5.41, 5.74) is 7.43. The summed E-state index contributed by atoms with van der Waals surface area (Å²) in [7, 11) is 0. The molecule has 2 aliphatic heterocycles. The third-order valence-corrected chi connectivity index (χ3v) is 5.98. The fourth-order valence-electron chi connectivity index (χ4n) is 3.34. The van der Waals surface area contributed by atoms with Gasteiger partial charge in [-0.25, -0.2) is 10.4 Å². The second kappa shape index (κ2) is 7.81. The third kappa shape index (κ3) is 4.03. The van der Waals surface area contributed by atoms with E-state index in [2.05, 4.69) is 15.8 Å². The van der Waals surface area contributed by atoms with Crippen LogP contribution in [0, 0.1) is 12.8 Å². The molecule has 152 valence electrons. The molecule has 2 unspecified atom stereocenters. The molecule has 0 radical (unpaired) electrons. The molecule has 0 bridgehead atoms. The quantitative estimate of drug-likeness (QED) is 0.795. The number of fused-ring (bicyclic) bond motifs is 1. The van der Waals surface area contributed by atoms with Crippen LogP contribution in [0.1, 0.15) is 16.7 Å². The van der Waals surface area contributed by atoms with Crippen LogP contribution in [0.4, 0.5) is 18.9 Å². The van der Waals surface area contributed by atoms with Crippen molar-refractivity contribution >= 4 is 28.5 Å². The van der Waals surface area contributed by atoms with E-state index in [0.717, 1.165) is 23.3 Å². The molecule has 1 fully saturated rings. The molecule has 4 rings (SSSR count). The lowest BCUT2D eigenvalue weighted by Gasteiger charge is -2.32. The first-order valence-corrected chi connectivity index (χ1v) is 10.1. The molecule has 0 spiro atoms. The average molecular weight is 420 g/mol. The van der Waals surface area contributed by atoms with Crippen LogP contribution in [-0.2, 0) is 16.7 Å². The van der Waals surface area contributed by atoms with Crippen molar-refractivity contribution in [3.8, 4) is 0 Å². The first kappa shape index (κ1) is 19.9. The van der Waals surface area contributed by atoms with Crippen LogP contribution in [0.2, 0.25) is 0 Å². The second-order valence-electron chi connectivity index (χ2n) is 6.93. The Bertz CT molecular complexity index is 963. The van der Waals surface area contributed by atoms with Crippen LogP contribution in [0.3, 0.4) is 0 Å². The van der Waals surface area contributed by atoms with Gasteiger partial charge < -0.3 is 0 Å². The molecule has 2 aliphatic rings. The maximum atomic E-state index is 13.2. The summed E-state index contributed by atoms with van der Waals surface area (Å²) < 4.78 is 39.6. The van der Waals surface area contributed by atoms with E-state index >= 15 is 0 Å². The summed E-state index contributed by atoms with van der Waals surface area (Å²) in [6.45, 7) is 2.37. The summed E-state index contributed by atoms with van der Waals surface area (Å²) in [4.78, 5) is 19.1. The summed E-state index contributed by atoms with van der Waals surface area (Å²) in [5, 5.41) is 0.384. The lowest BCUT2D eigenvalue weighted by molar-refractivity contribution is -0.137. The number of carbonyl (C=O) groups is 1. The highest BCUT2D eigenvalue weighted by molar-refractivity contribution is 8.13. The van der Waals surface area contributed by atoms with Gasteiger partial charge in [-0.15, -0.1) is 0 Å². The minimum absolute atomic E-state index is 0.172. The molecule has 0 aromatic heterocycles. The number of aliphatic imine (C=N–C) groups is 1. The molecular weight excluding hydrogens is 401 g/mol. The van der Waals surface area contributed by atoms with Gasteiger partial charge in [0.1, 0.15) is 6.17 Å². The number of hydrazine groups is 1. The van der Waals surface area contributed by atoms with E-state index in [1.807, 2.05) is 31.2 Å². The number of hydrogen-bond donors (Lipinski definition) is 2. The molecular formula is C20H19F3N4OS. The lowest BCUT2D eigenvalue weighted by atomic mass is 10.0. The maximum absolute atomic E-state index is 13.2. The number of aryl methyl sites for hydroxylation is 1. The summed E-state index contributed by atoms with van der Waals surface area (Å²) >= 11 is 1.34. The number of carbonyl (C=O) groups excluding carboxylic acids is 1. The zero-order valence-electron chi connectivity index (χ0n) is 15.5. The molecule has 5 nitrogen and oxygen atoms in total. The van der Waals surface area contributed by atoms with Gasteiger partial charge >= 0.3 is 6.18 Å². The van der Waals surface area contributed by atoms with Gasteiger partial charge in [0.25, 0.3) is 0 Å². The van der Waals surface area contributed by atoms with Crippen LogP contribution < -0.4 is 15.8 Å². The van der Waals surface area contributed by atoms with E-state index in [-0.39, 0.29) is 11.6 Å². The Balaban J connectivity index is 1.68. The lowest BCUT2D eigenvalue weighted by Crippen LogP contribution is -2.49. The Morgan fingerprint density at radius 2 is 2.00 bits per heavy atom. The zero-order chi connectivity index (χ0) is 20.6. The van der Waals surface area contributed by atoms with Crippen molar-refractivity contribution < 1.29 is 18.0 Å². The molecule has 0 aliphatic carbocycles. The van der Waals surface area contributed by atoms with Crippen molar-refractivity contribution in [3.05, 3.63) is 65.2 Å². The molecule has 2 aromatic rings. The van der Waals surface area contributed by atoms with Crippen LogP contribution in [0.25, 0.3) is 0 Å². The maximum Gasteiger partial charge on any atom is 0.416 e. The van der Waals surface area contributed by atoms with Gasteiger partial charge in [-0.1, -0.05) is 42.1 Å². The van der Waals surface area contributed by atoms with Gasteiger partial charge in [-0.3, -0.25) is 15.1 Å². The average Bonchev–Trinajstić information content (AvgIpc) is 3.16. The minimum atomic E-state index is -4.49. The number of amides is 1. The highest BCUT2D eigenvalue weighted by Gasteiger charge is 2.42. The number of nitrogens with one attached hydrogen (secondary N) is 2. The van der Waals surface area contributed by atoms with Gasteiger partial charge in [-0.05, 0) is 36.2 Å². The molecule has 1 saturated heterocycles. The first-order valence-electron chi connectivity index (χ1n) is 9.09. The van der Waals surface area contributed by atoms with Crippen LogP contribution in [0.5, 0.6) is 0 Å². The van der Waals surface area contributed by atoms with Gasteiger partial charge in [0.15, 0.2) is 5.17 Å². The summed E-state index contributed by atoms with van der Waals surface area (Å²) in [6, 6.07) is 12.7. The van der Waals surface area contributed by atoms with Crippen molar-refractivity contribution in [2.45, 2.75) is 25.0 Å². The largest absolute Gasteiger partial charge is 0.416 e. The van der Waals surface area contributed by atoms with Crippen molar-refractivity contribution in [3.63, 3.8) is 0 Å². The van der Waals surface area contributed by atoms with Crippen molar-refractivity contribution in [2.75, 3.05) is 11.4 Å². The number of nitrogens with zero attached hydrogens (tertiary/aromatic N) is 2. The molecule has 1 amide bonds. The standard InChI is InChI=1S/C20H19F3N4OS/c1-12-5-2-3-6-13(12)11-29-19-25-17-16(10-24-26-17)18(28)27(19)15-8-4-7-14(9-15)20(21,22)23/h2-9,16-17,24,26H,10-11H2,1H3. The van der Waals surface area contributed by atoms with Gasteiger partial charge in [0, 0.05) is 12.3 Å². The number of benzene rings is 2. The SMILES string of the molecule is Cc1ccccc1CSC1=NC2NNCC2C(=O)N1c1cccc(C(F)(F)F)c1. The fourth-order valence-corrected chi connectivity index (χ4v) is 4.46. The van der Waals surface area contributed by atoms with E-state index in [0.29, 0.717) is 17.5 Å². The number of thioether (sulfide) groups is 1. The van der Waals surface area contributed by atoms with Crippen LogP contribution in [0.15, 0.2) is 53.5 Å². The minimum Gasteiger partial charge on any atom is -0.274 e. The molecule has 2 heterocycles. The number of rotatable bonds is 3. The predicted octanol–water partition coefficient (Wildman–Crippen LogP) is 3.70. The summed E-state index contributed by atoms with van der Waals surface area (Å²) in [6.07, 6.45) is -4.91. The highest BCUT2D eigenvalue weighted by Crippen LogP contribution is 2.35. The van der Waals surface area contributed by atoms with E-state index in [9.17, 15) is 18.0 Å². The number of hydrogen-bond acceptors (Lipinski definition) is 5. The van der Waals surface area contributed by atoms with Crippen LogP contribution >= 0.6 is 11.8 Å². The summed E-state index contributed by atoms with van der Waals surface area (Å²) in [5.74, 6) is -0.180. The number of anilines is 1. The Kier molecular flexibility index (Phi) is 5.37. The Morgan fingerprint density at radius 1 is 1.21 bits per heavy atom. The Labute approximate surface area is 170 Å². The molecule has 29 heavy (non-hydrogen) atoms. The molecule has 2 atom stereocenters. The predicted molar refractivity (Wildman–Crippen MR) is 107 cm³/mol. The van der Waals surface area contributed by atoms with Gasteiger partial charge in [0.2, 0.25) is 5.91 Å². The second-order valence-corrected chi connectivity index (χ2v) is 7.87. The van der Waals surface area contributed by atoms with E-state index < -0.39 is 23.8 Å². The van der Waals surface area contributed by atoms with Crippen LogP contribution in [-0.4, -0.2) is 23.8 Å². The molecule has 0 saturated carbocycles. The van der Waals surface area contributed by atoms with Gasteiger partial charge in [0.05, 0.1) is 17.2 Å². The van der Waals surface area contributed by atoms with Crippen molar-refractivity contribution in [2.24, 2.45) is 10.9 Å². The van der Waals surface area contributed by atoms with E-state index in [1.54, 1.807) is 0 Å². The van der Waals surface area contributed by atoms with Gasteiger partial charge in [-0.2, -0.15) is 13.2 Å².